The van der Waals surface area contributed by atoms with Gasteiger partial charge in [-0.1, -0.05) is 71.4 Å². The molecule has 0 radical (unpaired) electrons. The maximum absolute atomic E-state index is 6.16. The molecular weight excluding hydrogens is 401 g/mol. The highest BCUT2D eigenvalue weighted by atomic mass is 35.5. The fourth-order valence-corrected chi connectivity index (χ4v) is 3.70. The van der Waals surface area contributed by atoms with Crippen molar-refractivity contribution >= 4 is 47.4 Å². The topological polar surface area (TPSA) is 64.9 Å². The zero-order valence-electron chi connectivity index (χ0n) is 13.1. The Kier molecular flexibility index (Phi) is 7.59. The van der Waals surface area contributed by atoms with E-state index < -0.39 is 0 Å². The van der Waals surface area contributed by atoms with Gasteiger partial charge in [0.25, 0.3) is 5.22 Å². The van der Waals surface area contributed by atoms with Crippen molar-refractivity contribution in [3.63, 3.8) is 0 Å². The largest absolute Gasteiger partial charge is 0.414 e. The lowest BCUT2D eigenvalue weighted by atomic mass is 10.1. The Morgan fingerprint density at radius 3 is 2.36 bits per heavy atom. The van der Waals surface area contributed by atoms with Crippen molar-refractivity contribution in [3.05, 3.63) is 75.6 Å². The highest BCUT2D eigenvalue weighted by Gasteiger charge is 2.16. The summed E-state index contributed by atoms with van der Waals surface area (Å²) in [5.74, 6) is 0.972. The molecule has 2 aromatic carbocycles. The van der Waals surface area contributed by atoms with Crippen LogP contribution < -0.4 is 5.73 Å². The van der Waals surface area contributed by atoms with Gasteiger partial charge in [0.15, 0.2) is 0 Å². The molecule has 4 nitrogen and oxygen atoms in total. The van der Waals surface area contributed by atoms with Gasteiger partial charge in [0, 0.05) is 15.8 Å². The van der Waals surface area contributed by atoms with Crippen LogP contribution in [-0.4, -0.2) is 10.2 Å². The lowest BCUT2D eigenvalue weighted by Crippen LogP contribution is -2.13. The SMILES string of the molecule is Cl.N[C@@H](Cc1ccccc1)c1nnc(SCc2c(Cl)cccc2Cl)o1. The number of hydrogen-bond acceptors (Lipinski definition) is 5. The van der Waals surface area contributed by atoms with Crippen molar-refractivity contribution in [2.75, 3.05) is 0 Å². The first kappa shape index (κ1) is 20.1. The van der Waals surface area contributed by atoms with Crippen molar-refractivity contribution in [3.8, 4) is 0 Å². The summed E-state index contributed by atoms with van der Waals surface area (Å²) in [6.07, 6.45) is 0.642. The Labute approximate surface area is 166 Å². The highest BCUT2D eigenvalue weighted by molar-refractivity contribution is 7.98. The molecule has 3 rings (SSSR count). The van der Waals surface area contributed by atoms with E-state index in [4.69, 9.17) is 33.4 Å². The molecule has 1 aromatic heterocycles. The first-order valence-corrected chi connectivity index (χ1v) is 9.06. The predicted molar refractivity (Wildman–Crippen MR) is 105 cm³/mol. The van der Waals surface area contributed by atoms with E-state index in [2.05, 4.69) is 10.2 Å². The van der Waals surface area contributed by atoms with E-state index in [9.17, 15) is 0 Å². The minimum atomic E-state index is -0.335. The minimum absolute atomic E-state index is 0. The number of benzene rings is 2. The van der Waals surface area contributed by atoms with Gasteiger partial charge < -0.3 is 10.2 Å². The lowest BCUT2D eigenvalue weighted by Gasteiger charge is -2.06. The quantitative estimate of drug-likeness (QED) is 0.550. The van der Waals surface area contributed by atoms with E-state index in [0.29, 0.717) is 33.3 Å². The summed E-state index contributed by atoms with van der Waals surface area (Å²) >= 11 is 13.7. The molecule has 0 spiro atoms. The van der Waals surface area contributed by atoms with Crippen LogP contribution in [0.3, 0.4) is 0 Å². The molecule has 0 aliphatic carbocycles. The molecule has 0 aliphatic heterocycles. The molecule has 0 aliphatic rings. The second kappa shape index (κ2) is 9.46. The van der Waals surface area contributed by atoms with Crippen LogP contribution in [0, 0.1) is 0 Å². The molecule has 132 valence electrons. The van der Waals surface area contributed by atoms with Crippen LogP contribution in [0.25, 0.3) is 0 Å². The molecule has 25 heavy (non-hydrogen) atoms. The summed E-state index contributed by atoms with van der Waals surface area (Å²) in [6.45, 7) is 0. The van der Waals surface area contributed by atoms with Crippen LogP contribution >= 0.6 is 47.4 Å². The predicted octanol–water partition coefficient (Wildman–Crippen LogP) is 5.33. The van der Waals surface area contributed by atoms with Crippen molar-refractivity contribution in [2.45, 2.75) is 23.4 Å². The van der Waals surface area contributed by atoms with Crippen LogP contribution in [0.5, 0.6) is 0 Å². The number of nitrogens with two attached hydrogens (primary N) is 1. The lowest BCUT2D eigenvalue weighted by molar-refractivity contribution is 0.385. The maximum Gasteiger partial charge on any atom is 0.276 e. The van der Waals surface area contributed by atoms with Gasteiger partial charge in [0.2, 0.25) is 5.89 Å². The van der Waals surface area contributed by atoms with E-state index in [-0.39, 0.29) is 18.4 Å². The maximum atomic E-state index is 6.16. The first-order chi connectivity index (χ1) is 11.6. The molecule has 0 saturated heterocycles. The highest BCUT2D eigenvalue weighted by Crippen LogP contribution is 2.31. The summed E-state index contributed by atoms with van der Waals surface area (Å²) in [7, 11) is 0. The van der Waals surface area contributed by atoms with Gasteiger partial charge >= 0.3 is 0 Å². The summed E-state index contributed by atoms with van der Waals surface area (Å²) in [4.78, 5) is 0. The van der Waals surface area contributed by atoms with Gasteiger partial charge in [0.1, 0.15) is 0 Å². The Morgan fingerprint density at radius 1 is 1.00 bits per heavy atom. The second-order valence-electron chi connectivity index (χ2n) is 5.19. The normalized spacial score (nSPS) is 11.8. The molecule has 1 atom stereocenters. The Morgan fingerprint density at radius 2 is 1.68 bits per heavy atom. The number of nitrogens with zero attached hydrogens (tertiary/aromatic N) is 2. The van der Waals surface area contributed by atoms with Gasteiger partial charge in [-0.15, -0.1) is 22.6 Å². The monoisotopic (exact) mass is 415 g/mol. The number of hydrogen-bond donors (Lipinski definition) is 1. The fraction of sp³-hybridized carbons (Fsp3) is 0.176. The van der Waals surface area contributed by atoms with Crippen molar-refractivity contribution < 1.29 is 4.42 Å². The standard InChI is InChI=1S/C17H15Cl2N3OS.ClH/c18-13-7-4-8-14(19)12(13)10-24-17-22-21-16(23-17)15(20)9-11-5-2-1-3-6-11;/h1-8,15H,9-10,20H2;1H/t15-;/m0./s1. The molecule has 0 saturated carbocycles. The van der Waals surface area contributed by atoms with E-state index in [1.165, 1.54) is 11.8 Å². The van der Waals surface area contributed by atoms with Gasteiger partial charge in [0.05, 0.1) is 6.04 Å². The minimum Gasteiger partial charge on any atom is -0.414 e. The molecule has 8 heteroatoms. The zero-order chi connectivity index (χ0) is 16.9. The molecule has 0 amide bonds. The Balaban J connectivity index is 0.00000225. The van der Waals surface area contributed by atoms with Crippen molar-refractivity contribution in [1.82, 2.24) is 10.2 Å². The van der Waals surface area contributed by atoms with Gasteiger partial charge in [-0.05, 0) is 29.7 Å². The third kappa shape index (κ3) is 5.36. The summed E-state index contributed by atoms with van der Waals surface area (Å²) in [6, 6.07) is 15.0. The average molecular weight is 417 g/mol. The van der Waals surface area contributed by atoms with Crippen LogP contribution in [0.4, 0.5) is 0 Å². The smallest absolute Gasteiger partial charge is 0.276 e. The second-order valence-corrected chi connectivity index (χ2v) is 6.93. The number of aromatic nitrogens is 2. The zero-order valence-corrected chi connectivity index (χ0v) is 16.2. The van der Waals surface area contributed by atoms with Crippen LogP contribution in [0.2, 0.25) is 10.0 Å². The third-order valence-corrected chi connectivity index (χ3v) is 4.99. The van der Waals surface area contributed by atoms with Gasteiger partial charge in [-0.25, -0.2) is 0 Å². The Bertz CT molecular complexity index is 794. The van der Waals surface area contributed by atoms with Crippen LogP contribution in [-0.2, 0) is 12.2 Å². The molecule has 2 N–H and O–H groups in total. The third-order valence-electron chi connectivity index (χ3n) is 3.44. The first-order valence-electron chi connectivity index (χ1n) is 7.32. The van der Waals surface area contributed by atoms with E-state index in [0.717, 1.165) is 11.1 Å². The average Bonchev–Trinajstić information content (AvgIpc) is 3.04. The van der Waals surface area contributed by atoms with E-state index >= 15 is 0 Å². The fourth-order valence-electron chi connectivity index (χ4n) is 2.19. The molecule has 3 aromatic rings. The van der Waals surface area contributed by atoms with Crippen LogP contribution in [0.1, 0.15) is 23.1 Å². The van der Waals surface area contributed by atoms with Crippen LogP contribution in [0.15, 0.2) is 58.2 Å². The van der Waals surface area contributed by atoms with Gasteiger partial charge in [-0.2, -0.15) is 0 Å². The Hall–Kier alpha value is -1.24. The van der Waals surface area contributed by atoms with E-state index in [1.807, 2.05) is 36.4 Å². The summed E-state index contributed by atoms with van der Waals surface area (Å²) < 4.78 is 5.65. The summed E-state index contributed by atoms with van der Waals surface area (Å²) in [5.41, 5.74) is 8.12. The van der Waals surface area contributed by atoms with Gasteiger partial charge in [-0.3, -0.25) is 0 Å². The molecule has 0 unspecified atom stereocenters. The number of halogens is 3. The number of thioether (sulfide) groups is 1. The van der Waals surface area contributed by atoms with E-state index in [1.54, 1.807) is 12.1 Å². The molecule has 1 heterocycles. The number of rotatable bonds is 6. The van der Waals surface area contributed by atoms with Crippen molar-refractivity contribution in [2.24, 2.45) is 5.73 Å². The molecule has 0 fully saturated rings. The molecular formula is C17H16Cl3N3OS. The molecule has 0 bridgehead atoms. The summed E-state index contributed by atoms with van der Waals surface area (Å²) in [5, 5.41) is 9.76. The van der Waals surface area contributed by atoms with Crippen molar-refractivity contribution in [1.29, 1.82) is 0 Å².